The molecule has 1 aliphatic rings. The standard InChI is InChI=1S/C20H30N2O3S/c1-19(2,3)25-18(24)22-12-10-21(11-13-22)16-8-7-9-17(15(16)14-23)26-20(4,5)6/h7-9,14H,10-13H2,1-6H3. The van der Waals surface area contributed by atoms with Crippen LogP contribution in [0.15, 0.2) is 23.1 Å². The molecule has 0 radical (unpaired) electrons. The van der Waals surface area contributed by atoms with Crippen LogP contribution in [0.2, 0.25) is 0 Å². The molecule has 1 heterocycles. The molecule has 0 N–H and O–H groups in total. The predicted octanol–water partition coefficient (Wildman–Crippen LogP) is 4.45. The van der Waals surface area contributed by atoms with Crippen molar-refractivity contribution in [3.8, 4) is 0 Å². The fraction of sp³-hybridized carbons (Fsp3) is 0.600. The van der Waals surface area contributed by atoms with Crippen LogP contribution >= 0.6 is 11.8 Å². The van der Waals surface area contributed by atoms with Crippen LogP contribution in [0.4, 0.5) is 10.5 Å². The number of hydrogen-bond donors (Lipinski definition) is 0. The molecule has 0 unspecified atom stereocenters. The molecule has 1 amide bonds. The van der Waals surface area contributed by atoms with Gasteiger partial charge >= 0.3 is 6.09 Å². The molecule has 0 saturated carbocycles. The molecular weight excluding hydrogens is 348 g/mol. The van der Waals surface area contributed by atoms with Crippen LogP contribution in [0.3, 0.4) is 0 Å². The molecular formula is C20H30N2O3S. The minimum atomic E-state index is -0.489. The van der Waals surface area contributed by atoms with Gasteiger partial charge in [-0.05, 0) is 32.9 Å². The summed E-state index contributed by atoms with van der Waals surface area (Å²) in [5.41, 5.74) is 1.19. The molecule has 6 heteroatoms. The molecule has 1 aliphatic heterocycles. The van der Waals surface area contributed by atoms with E-state index in [4.69, 9.17) is 4.74 Å². The van der Waals surface area contributed by atoms with Crippen LogP contribution in [0, 0.1) is 0 Å². The normalized spacial score (nSPS) is 15.8. The van der Waals surface area contributed by atoms with Crippen LogP contribution in [0.1, 0.15) is 51.9 Å². The number of ether oxygens (including phenoxy) is 1. The fourth-order valence-electron chi connectivity index (χ4n) is 2.80. The zero-order valence-corrected chi connectivity index (χ0v) is 17.5. The van der Waals surface area contributed by atoms with Crippen molar-refractivity contribution in [1.29, 1.82) is 0 Å². The second-order valence-electron chi connectivity index (χ2n) is 8.48. The van der Waals surface area contributed by atoms with Crippen molar-refractivity contribution in [2.45, 2.75) is 56.8 Å². The summed E-state index contributed by atoms with van der Waals surface area (Å²) in [4.78, 5) is 28.9. The van der Waals surface area contributed by atoms with Crippen molar-refractivity contribution in [2.75, 3.05) is 31.1 Å². The zero-order valence-electron chi connectivity index (χ0n) is 16.7. The Labute approximate surface area is 161 Å². The second kappa shape index (κ2) is 7.91. The van der Waals surface area contributed by atoms with E-state index >= 15 is 0 Å². The summed E-state index contributed by atoms with van der Waals surface area (Å²) in [6.45, 7) is 14.6. The first-order valence-electron chi connectivity index (χ1n) is 9.00. The number of benzene rings is 1. The highest BCUT2D eigenvalue weighted by atomic mass is 32.2. The smallest absolute Gasteiger partial charge is 0.410 e. The van der Waals surface area contributed by atoms with E-state index in [0.717, 1.165) is 22.4 Å². The van der Waals surface area contributed by atoms with Crippen LogP contribution in [0.5, 0.6) is 0 Å². The Morgan fingerprint density at radius 1 is 1.08 bits per heavy atom. The van der Waals surface area contributed by atoms with Crippen molar-refractivity contribution in [3.63, 3.8) is 0 Å². The van der Waals surface area contributed by atoms with Gasteiger partial charge < -0.3 is 14.5 Å². The number of thioether (sulfide) groups is 1. The number of aldehydes is 1. The van der Waals surface area contributed by atoms with Crippen molar-refractivity contribution in [2.24, 2.45) is 0 Å². The molecule has 1 aromatic carbocycles. The van der Waals surface area contributed by atoms with Gasteiger partial charge in [-0.2, -0.15) is 0 Å². The number of carbonyl (C=O) groups is 2. The zero-order chi connectivity index (χ0) is 19.5. The Balaban J connectivity index is 2.11. The van der Waals surface area contributed by atoms with E-state index in [0.29, 0.717) is 26.2 Å². The highest BCUT2D eigenvalue weighted by molar-refractivity contribution is 8.00. The molecule has 0 bridgehead atoms. The topological polar surface area (TPSA) is 49.9 Å². The van der Waals surface area contributed by atoms with E-state index in [9.17, 15) is 9.59 Å². The van der Waals surface area contributed by atoms with Crippen LogP contribution in [0.25, 0.3) is 0 Å². The maximum absolute atomic E-state index is 12.2. The molecule has 0 spiro atoms. The Morgan fingerprint density at radius 2 is 1.69 bits per heavy atom. The van der Waals surface area contributed by atoms with Gasteiger partial charge in [-0.3, -0.25) is 4.79 Å². The largest absolute Gasteiger partial charge is 0.444 e. The van der Waals surface area contributed by atoms with Crippen molar-refractivity contribution in [3.05, 3.63) is 23.8 Å². The maximum Gasteiger partial charge on any atom is 0.410 e. The minimum absolute atomic E-state index is 0.0335. The highest BCUT2D eigenvalue weighted by Gasteiger charge is 2.27. The second-order valence-corrected chi connectivity index (χ2v) is 10.3. The Hall–Kier alpha value is -1.69. The lowest BCUT2D eigenvalue weighted by Gasteiger charge is -2.37. The van der Waals surface area contributed by atoms with Gasteiger partial charge in [0, 0.05) is 41.5 Å². The lowest BCUT2D eigenvalue weighted by Crippen LogP contribution is -2.50. The number of amides is 1. The van der Waals surface area contributed by atoms with E-state index in [1.807, 2.05) is 39.0 Å². The fourth-order valence-corrected chi connectivity index (χ4v) is 3.87. The molecule has 1 saturated heterocycles. The van der Waals surface area contributed by atoms with E-state index in [1.54, 1.807) is 16.7 Å². The number of carbonyl (C=O) groups excluding carboxylic acids is 2. The van der Waals surface area contributed by atoms with Crippen LogP contribution < -0.4 is 4.90 Å². The maximum atomic E-state index is 12.2. The monoisotopic (exact) mass is 378 g/mol. The van der Waals surface area contributed by atoms with Crippen molar-refractivity contribution in [1.82, 2.24) is 4.90 Å². The quantitative estimate of drug-likeness (QED) is 0.575. The van der Waals surface area contributed by atoms with Gasteiger partial charge in [0.05, 0.1) is 5.56 Å². The number of hydrogen-bond acceptors (Lipinski definition) is 5. The highest BCUT2D eigenvalue weighted by Crippen LogP contribution is 2.37. The van der Waals surface area contributed by atoms with Gasteiger partial charge in [-0.1, -0.05) is 26.8 Å². The van der Waals surface area contributed by atoms with E-state index < -0.39 is 5.60 Å². The first-order valence-corrected chi connectivity index (χ1v) is 9.82. The molecule has 26 heavy (non-hydrogen) atoms. The molecule has 2 rings (SSSR count). The van der Waals surface area contributed by atoms with Crippen molar-refractivity contribution >= 4 is 29.8 Å². The molecule has 0 atom stereocenters. The van der Waals surface area contributed by atoms with E-state index in [2.05, 4.69) is 25.7 Å². The molecule has 1 fully saturated rings. The van der Waals surface area contributed by atoms with Gasteiger partial charge in [0.2, 0.25) is 0 Å². The van der Waals surface area contributed by atoms with Gasteiger partial charge in [0.15, 0.2) is 6.29 Å². The first kappa shape index (κ1) is 20.6. The van der Waals surface area contributed by atoms with Gasteiger partial charge in [-0.15, -0.1) is 11.8 Å². The average molecular weight is 379 g/mol. The van der Waals surface area contributed by atoms with Gasteiger partial charge in [0.1, 0.15) is 5.60 Å². The third kappa shape index (κ3) is 5.66. The average Bonchev–Trinajstić information content (AvgIpc) is 2.51. The third-order valence-corrected chi connectivity index (χ3v) is 5.04. The summed E-state index contributed by atoms with van der Waals surface area (Å²) >= 11 is 1.70. The minimum Gasteiger partial charge on any atom is -0.444 e. The van der Waals surface area contributed by atoms with Crippen LogP contribution in [-0.2, 0) is 4.74 Å². The van der Waals surface area contributed by atoms with E-state index in [1.165, 1.54) is 0 Å². The van der Waals surface area contributed by atoms with Crippen LogP contribution in [-0.4, -0.2) is 53.8 Å². The summed E-state index contributed by atoms with van der Waals surface area (Å²) in [5, 5.41) is 0. The Bertz CT molecular complexity index is 654. The van der Waals surface area contributed by atoms with Crippen molar-refractivity contribution < 1.29 is 14.3 Å². The summed E-state index contributed by atoms with van der Waals surface area (Å²) in [7, 11) is 0. The summed E-state index contributed by atoms with van der Waals surface area (Å²) in [5.74, 6) is 0. The number of piperazine rings is 1. The summed E-state index contributed by atoms with van der Waals surface area (Å²) in [6, 6.07) is 5.98. The lowest BCUT2D eigenvalue weighted by molar-refractivity contribution is 0.0240. The third-order valence-electron chi connectivity index (χ3n) is 3.85. The Morgan fingerprint density at radius 3 is 2.19 bits per heavy atom. The molecule has 0 aliphatic carbocycles. The SMILES string of the molecule is CC(C)(C)OC(=O)N1CCN(c2cccc(SC(C)(C)C)c2C=O)CC1. The van der Waals surface area contributed by atoms with Gasteiger partial charge in [-0.25, -0.2) is 4.79 Å². The molecule has 0 aromatic heterocycles. The predicted molar refractivity (Wildman–Crippen MR) is 107 cm³/mol. The number of anilines is 1. The number of rotatable bonds is 3. The van der Waals surface area contributed by atoms with E-state index in [-0.39, 0.29) is 10.8 Å². The number of nitrogens with zero attached hydrogens (tertiary/aromatic N) is 2. The summed E-state index contributed by atoms with van der Waals surface area (Å²) < 4.78 is 5.48. The molecule has 144 valence electrons. The summed E-state index contributed by atoms with van der Waals surface area (Å²) in [6.07, 6.45) is 0.675. The van der Waals surface area contributed by atoms with Gasteiger partial charge in [0.25, 0.3) is 0 Å². The first-order chi connectivity index (χ1) is 12.0. The molecule has 5 nitrogen and oxygen atoms in total. The molecule has 1 aromatic rings. The lowest BCUT2D eigenvalue weighted by atomic mass is 10.1. The Kier molecular flexibility index (Phi) is 6.27.